The lowest BCUT2D eigenvalue weighted by atomic mass is 10.2. The largest absolute Gasteiger partial charge is 0.471 e. The summed E-state index contributed by atoms with van der Waals surface area (Å²) in [5, 5.41) is 18.6. The highest BCUT2D eigenvalue weighted by atomic mass is 16.6. The van der Waals surface area contributed by atoms with Crippen LogP contribution < -0.4 is 10.1 Å². The third-order valence-electron chi connectivity index (χ3n) is 3.27. The number of nitro groups is 1. The summed E-state index contributed by atoms with van der Waals surface area (Å²) in [4.78, 5) is 10.7. The van der Waals surface area contributed by atoms with Gasteiger partial charge in [-0.25, -0.2) is 4.68 Å². The number of hydrogen-bond acceptors (Lipinski definition) is 5. The van der Waals surface area contributed by atoms with Crippen molar-refractivity contribution in [2.75, 3.05) is 13.2 Å². The second kappa shape index (κ2) is 5.56. The lowest BCUT2D eigenvalue weighted by Gasteiger charge is -2.14. The minimum Gasteiger partial charge on any atom is -0.471 e. The van der Waals surface area contributed by atoms with Gasteiger partial charge in [-0.05, 0) is 40.2 Å². The highest BCUT2D eigenvalue weighted by Gasteiger charge is 2.29. The van der Waals surface area contributed by atoms with Crippen molar-refractivity contribution >= 4 is 5.69 Å². The zero-order valence-corrected chi connectivity index (χ0v) is 11.5. The van der Waals surface area contributed by atoms with E-state index < -0.39 is 4.92 Å². The molecular weight excluding hydrogens is 248 g/mol. The molecule has 106 valence electrons. The van der Waals surface area contributed by atoms with Crippen LogP contribution in [0.4, 0.5) is 5.69 Å². The van der Waals surface area contributed by atoms with Gasteiger partial charge < -0.3 is 10.1 Å². The van der Waals surface area contributed by atoms with Gasteiger partial charge in [-0.15, -0.1) is 0 Å². The molecule has 0 bridgehead atoms. The fraction of sp³-hybridized carbons (Fsp3) is 0.750. The normalized spacial score (nSPS) is 19.1. The van der Waals surface area contributed by atoms with Crippen LogP contribution >= 0.6 is 0 Å². The van der Waals surface area contributed by atoms with E-state index in [9.17, 15) is 10.1 Å². The molecule has 1 saturated heterocycles. The van der Waals surface area contributed by atoms with E-state index in [-0.39, 0.29) is 23.7 Å². The first-order chi connectivity index (χ1) is 9.00. The third-order valence-corrected chi connectivity index (χ3v) is 3.27. The summed E-state index contributed by atoms with van der Waals surface area (Å²) in [5.41, 5.74) is 0.375. The van der Waals surface area contributed by atoms with Crippen LogP contribution in [0.5, 0.6) is 5.88 Å². The molecule has 1 aliphatic rings. The molecule has 1 aliphatic heterocycles. The lowest BCUT2D eigenvalue weighted by molar-refractivity contribution is -0.386. The Morgan fingerprint density at radius 1 is 1.63 bits per heavy atom. The SMILES string of the molecule is Cc1nn(C(C)C)c(OCC2CCCN2)c1[N+](=O)[O-]. The molecule has 1 atom stereocenters. The van der Waals surface area contributed by atoms with Crippen LogP contribution in [0.15, 0.2) is 0 Å². The molecule has 2 heterocycles. The van der Waals surface area contributed by atoms with Crippen molar-refractivity contribution in [3.8, 4) is 5.88 Å². The molecule has 1 N–H and O–H groups in total. The molecule has 1 fully saturated rings. The predicted molar refractivity (Wildman–Crippen MR) is 70.5 cm³/mol. The van der Waals surface area contributed by atoms with Gasteiger partial charge in [0.25, 0.3) is 5.88 Å². The van der Waals surface area contributed by atoms with Crippen LogP contribution in [0.3, 0.4) is 0 Å². The Balaban J connectivity index is 2.22. The molecule has 0 aliphatic carbocycles. The third kappa shape index (κ3) is 2.86. The van der Waals surface area contributed by atoms with Gasteiger partial charge in [0.05, 0.1) is 11.0 Å². The Bertz CT molecular complexity index is 464. The fourth-order valence-corrected chi connectivity index (χ4v) is 2.29. The molecule has 19 heavy (non-hydrogen) atoms. The van der Waals surface area contributed by atoms with Gasteiger partial charge in [0.1, 0.15) is 12.3 Å². The zero-order chi connectivity index (χ0) is 14.0. The van der Waals surface area contributed by atoms with Crippen LogP contribution in [0.2, 0.25) is 0 Å². The lowest BCUT2D eigenvalue weighted by Crippen LogP contribution is -2.28. The van der Waals surface area contributed by atoms with Gasteiger partial charge in [-0.3, -0.25) is 10.1 Å². The average molecular weight is 268 g/mol. The van der Waals surface area contributed by atoms with Crippen molar-refractivity contribution in [3.05, 3.63) is 15.8 Å². The van der Waals surface area contributed by atoms with E-state index in [0.717, 1.165) is 19.4 Å². The quantitative estimate of drug-likeness (QED) is 0.650. The molecule has 0 spiro atoms. The van der Waals surface area contributed by atoms with Crippen LogP contribution in [0, 0.1) is 17.0 Å². The summed E-state index contributed by atoms with van der Waals surface area (Å²) < 4.78 is 7.28. The molecular formula is C12H20N4O3. The minimum absolute atomic E-state index is 0.0216. The van der Waals surface area contributed by atoms with Crippen molar-refractivity contribution in [1.29, 1.82) is 0 Å². The van der Waals surface area contributed by atoms with Crippen LogP contribution in [-0.2, 0) is 0 Å². The molecule has 1 aromatic rings. The van der Waals surface area contributed by atoms with Crippen molar-refractivity contribution in [3.63, 3.8) is 0 Å². The van der Waals surface area contributed by atoms with Gasteiger partial charge in [-0.2, -0.15) is 5.10 Å². The number of nitrogens with one attached hydrogen (secondary N) is 1. The first-order valence-corrected chi connectivity index (χ1v) is 6.60. The van der Waals surface area contributed by atoms with Crippen LogP contribution in [-0.4, -0.2) is 33.9 Å². The van der Waals surface area contributed by atoms with Crippen molar-refractivity contribution < 1.29 is 9.66 Å². The number of nitrogens with zero attached hydrogens (tertiary/aromatic N) is 3. The summed E-state index contributed by atoms with van der Waals surface area (Å²) in [5.74, 6) is 0.270. The molecule has 2 rings (SSSR count). The predicted octanol–water partition coefficient (Wildman–Crippen LogP) is 1.81. The smallest absolute Gasteiger partial charge is 0.353 e. The number of ether oxygens (including phenoxy) is 1. The highest BCUT2D eigenvalue weighted by molar-refractivity contribution is 5.46. The molecule has 1 unspecified atom stereocenters. The van der Waals surface area contributed by atoms with E-state index in [1.54, 1.807) is 11.6 Å². The van der Waals surface area contributed by atoms with Gasteiger partial charge in [0.15, 0.2) is 0 Å². The Labute approximate surface area is 112 Å². The van der Waals surface area contributed by atoms with Gasteiger partial charge >= 0.3 is 5.69 Å². The average Bonchev–Trinajstić information content (AvgIpc) is 2.92. The fourth-order valence-electron chi connectivity index (χ4n) is 2.29. The Hall–Kier alpha value is -1.63. The second-order valence-electron chi connectivity index (χ2n) is 5.14. The Kier molecular flexibility index (Phi) is 4.04. The summed E-state index contributed by atoms with van der Waals surface area (Å²) in [6.07, 6.45) is 2.17. The molecule has 7 heteroatoms. The molecule has 1 aromatic heterocycles. The highest BCUT2D eigenvalue weighted by Crippen LogP contribution is 2.33. The number of hydrogen-bond donors (Lipinski definition) is 1. The van der Waals surface area contributed by atoms with Crippen molar-refractivity contribution in [2.24, 2.45) is 0 Å². The number of aryl methyl sites for hydroxylation is 1. The number of rotatable bonds is 5. The van der Waals surface area contributed by atoms with E-state index in [2.05, 4.69) is 10.4 Å². The summed E-state index contributed by atoms with van der Waals surface area (Å²) >= 11 is 0. The maximum absolute atomic E-state index is 11.1. The summed E-state index contributed by atoms with van der Waals surface area (Å²) in [6, 6.07) is 0.300. The monoisotopic (exact) mass is 268 g/mol. The topological polar surface area (TPSA) is 82.2 Å². The Morgan fingerprint density at radius 3 is 2.89 bits per heavy atom. The van der Waals surface area contributed by atoms with Crippen molar-refractivity contribution in [1.82, 2.24) is 15.1 Å². The Morgan fingerprint density at radius 2 is 2.37 bits per heavy atom. The maximum Gasteiger partial charge on any atom is 0.353 e. The van der Waals surface area contributed by atoms with Gasteiger partial charge in [-0.1, -0.05) is 0 Å². The van der Waals surface area contributed by atoms with Crippen LogP contribution in [0.25, 0.3) is 0 Å². The minimum atomic E-state index is -0.418. The maximum atomic E-state index is 11.1. The van der Waals surface area contributed by atoms with Gasteiger partial charge in [0, 0.05) is 6.04 Å². The van der Waals surface area contributed by atoms with E-state index in [0.29, 0.717) is 12.3 Å². The standard InChI is InChI=1S/C12H20N4O3/c1-8(2)15-12(11(16(17)18)9(3)14-15)19-7-10-5-4-6-13-10/h8,10,13H,4-7H2,1-3H3. The molecule has 0 amide bonds. The zero-order valence-electron chi connectivity index (χ0n) is 11.5. The molecule has 0 saturated carbocycles. The summed E-state index contributed by atoms with van der Waals surface area (Å²) in [7, 11) is 0. The van der Waals surface area contributed by atoms with Crippen LogP contribution in [0.1, 0.15) is 38.4 Å². The first-order valence-electron chi connectivity index (χ1n) is 6.60. The second-order valence-corrected chi connectivity index (χ2v) is 5.14. The van der Waals surface area contributed by atoms with Crippen molar-refractivity contribution in [2.45, 2.75) is 45.7 Å². The first kappa shape index (κ1) is 13.8. The number of aromatic nitrogens is 2. The van der Waals surface area contributed by atoms with E-state index >= 15 is 0 Å². The van der Waals surface area contributed by atoms with Gasteiger partial charge in [0.2, 0.25) is 0 Å². The molecule has 0 radical (unpaired) electrons. The van der Waals surface area contributed by atoms with E-state index in [1.807, 2.05) is 13.8 Å². The van der Waals surface area contributed by atoms with E-state index in [4.69, 9.17) is 4.74 Å². The molecule has 0 aromatic carbocycles. The van der Waals surface area contributed by atoms with E-state index in [1.165, 1.54) is 0 Å². The summed E-state index contributed by atoms with van der Waals surface area (Å²) in [6.45, 7) is 6.92. The molecule has 7 nitrogen and oxygen atoms in total.